The Morgan fingerprint density at radius 2 is 1.73 bits per heavy atom. The number of ether oxygens (including phenoxy) is 2. The summed E-state index contributed by atoms with van der Waals surface area (Å²) < 4.78 is 11.8. The Bertz CT molecular complexity index is 1250. The van der Waals surface area contributed by atoms with Crippen molar-refractivity contribution in [3.05, 3.63) is 68.5 Å². The molecule has 1 aromatic heterocycles. The molecule has 1 aliphatic carbocycles. The molecule has 8 heteroatoms. The number of amides is 1. The van der Waals surface area contributed by atoms with Crippen LogP contribution < -0.4 is 20.3 Å². The molecule has 3 aromatic rings. The van der Waals surface area contributed by atoms with E-state index in [1.54, 1.807) is 12.1 Å². The van der Waals surface area contributed by atoms with Gasteiger partial charge < -0.3 is 14.8 Å². The molecule has 0 radical (unpaired) electrons. The number of nitrogens with zero attached hydrogens (tertiary/aromatic N) is 2. The molecular weight excluding hydrogens is 442 g/mol. The zero-order valence-corrected chi connectivity index (χ0v) is 19.7. The minimum absolute atomic E-state index is 0.213. The lowest BCUT2D eigenvalue weighted by Crippen LogP contribution is -2.34. The molecule has 0 fully saturated rings. The number of nitrogens with one attached hydrogen (secondary N) is 1. The van der Waals surface area contributed by atoms with Crippen LogP contribution in [0.2, 0.25) is 5.02 Å². The highest BCUT2D eigenvalue weighted by molar-refractivity contribution is 6.32. The van der Waals surface area contributed by atoms with Crippen molar-refractivity contribution in [2.45, 2.75) is 39.2 Å². The summed E-state index contributed by atoms with van der Waals surface area (Å²) in [7, 11) is 2.99. The van der Waals surface area contributed by atoms with Gasteiger partial charge >= 0.3 is 0 Å². The van der Waals surface area contributed by atoms with Gasteiger partial charge in [-0.2, -0.15) is 5.10 Å². The molecule has 0 saturated heterocycles. The van der Waals surface area contributed by atoms with Crippen molar-refractivity contribution in [1.29, 1.82) is 0 Å². The van der Waals surface area contributed by atoms with Gasteiger partial charge in [-0.3, -0.25) is 9.59 Å². The van der Waals surface area contributed by atoms with E-state index in [1.165, 1.54) is 18.9 Å². The summed E-state index contributed by atoms with van der Waals surface area (Å²) in [6.45, 7) is 1.80. The van der Waals surface area contributed by atoms with Gasteiger partial charge in [0.15, 0.2) is 0 Å². The molecule has 1 heterocycles. The number of carbonyl (C=O) groups excluding carboxylic acids is 1. The highest BCUT2D eigenvalue weighted by Crippen LogP contribution is 2.36. The lowest BCUT2D eigenvalue weighted by molar-refractivity contribution is -0.117. The first-order valence-electron chi connectivity index (χ1n) is 10.8. The van der Waals surface area contributed by atoms with Crippen molar-refractivity contribution >= 4 is 23.2 Å². The van der Waals surface area contributed by atoms with Gasteiger partial charge in [0.25, 0.3) is 5.56 Å². The topological polar surface area (TPSA) is 82.4 Å². The number of carbonyl (C=O) groups is 1. The van der Waals surface area contributed by atoms with Crippen molar-refractivity contribution in [1.82, 2.24) is 9.78 Å². The minimum Gasteiger partial charge on any atom is -0.495 e. The fraction of sp³-hybridized carbons (Fsp3) is 0.320. The second-order valence-corrected chi connectivity index (χ2v) is 8.48. The Labute approximate surface area is 197 Å². The molecule has 2 aromatic carbocycles. The predicted molar refractivity (Wildman–Crippen MR) is 128 cm³/mol. The molecule has 0 aliphatic heterocycles. The van der Waals surface area contributed by atoms with Gasteiger partial charge in [0.05, 0.1) is 30.6 Å². The summed E-state index contributed by atoms with van der Waals surface area (Å²) in [4.78, 5) is 26.0. The van der Waals surface area contributed by atoms with Crippen molar-refractivity contribution in [3.8, 4) is 22.8 Å². The average Bonchev–Trinajstić information content (AvgIpc) is 2.82. The highest BCUT2D eigenvalue weighted by atomic mass is 35.5. The molecule has 0 atom stereocenters. The monoisotopic (exact) mass is 467 g/mol. The SMILES string of the molecule is COc1cc(OC)c(NC(=O)Cn2nc(-c3ccc(C)cc3)c3c(c2=O)CCCC3)cc1Cl. The van der Waals surface area contributed by atoms with Gasteiger partial charge in [0, 0.05) is 17.2 Å². The lowest BCUT2D eigenvalue weighted by Gasteiger charge is -2.20. The Morgan fingerprint density at radius 3 is 2.39 bits per heavy atom. The van der Waals surface area contributed by atoms with E-state index >= 15 is 0 Å². The number of methoxy groups -OCH3 is 2. The quantitative estimate of drug-likeness (QED) is 0.580. The summed E-state index contributed by atoms with van der Waals surface area (Å²) in [5, 5.41) is 7.73. The first kappa shape index (κ1) is 22.9. The van der Waals surface area contributed by atoms with Crippen LogP contribution in [0.25, 0.3) is 11.3 Å². The molecule has 0 bridgehead atoms. The van der Waals surface area contributed by atoms with Crippen molar-refractivity contribution < 1.29 is 14.3 Å². The summed E-state index contributed by atoms with van der Waals surface area (Å²) in [5.74, 6) is 0.423. The number of hydrogen-bond acceptors (Lipinski definition) is 5. The maximum absolute atomic E-state index is 13.2. The fourth-order valence-electron chi connectivity index (χ4n) is 4.12. The van der Waals surface area contributed by atoms with Gasteiger partial charge in [-0.25, -0.2) is 4.68 Å². The zero-order chi connectivity index (χ0) is 23.5. The first-order valence-corrected chi connectivity index (χ1v) is 11.2. The van der Waals surface area contributed by atoms with Crippen LogP contribution in [0.4, 0.5) is 5.69 Å². The number of aromatic nitrogens is 2. The van der Waals surface area contributed by atoms with Crippen molar-refractivity contribution in [3.63, 3.8) is 0 Å². The van der Waals surface area contributed by atoms with Gasteiger partial charge in [-0.1, -0.05) is 41.4 Å². The predicted octanol–water partition coefficient (Wildman–Crippen LogP) is 4.41. The summed E-state index contributed by atoms with van der Waals surface area (Å²) >= 11 is 6.21. The number of benzene rings is 2. The lowest BCUT2D eigenvalue weighted by atomic mass is 9.89. The maximum Gasteiger partial charge on any atom is 0.270 e. The van der Waals surface area contributed by atoms with Crippen LogP contribution >= 0.6 is 11.6 Å². The molecule has 172 valence electrons. The number of aryl methyl sites for hydroxylation is 1. The first-order chi connectivity index (χ1) is 15.9. The normalized spacial score (nSPS) is 12.7. The summed E-state index contributed by atoms with van der Waals surface area (Å²) in [6, 6.07) is 11.2. The third-order valence-corrected chi connectivity index (χ3v) is 6.13. The van der Waals surface area contributed by atoms with Gasteiger partial charge in [0.2, 0.25) is 5.91 Å². The minimum atomic E-state index is -0.408. The van der Waals surface area contributed by atoms with Crippen LogP contribution in [0.15, 0.2) is 41.2 Å². The third-order valence-electron chi connectivity index (χ3n) is 5.83. The Morgan fingerprint density at radius 1 is 1.06 bits per heavy atom. The van der Waals surface area contributed by atoms with Crippen LogP contribution in [0.1, 0.15) is 29.5 Å². The number of rotatable bonds is 6. The van der Waals surface area contributed by atoms with Gasteiger partial charge in [0.1, 0.15) is 18.0 Å². The molecule has 1 aliphatic rings. The highest BCUT2D eigenvalue weighted by Gasteiger charge is 2.22. The van der Waals surface area contributed by atoms with E-state index in [4.69, 9.17) is 21.1 Å². The molecular formula is C25H26ClN3O4. The molecule has 7 nitrogen and oxygen atoms in total. The van der Waals surface area contributed by atoms with E-state index in [9.17, 15) is 9.59 Å². The largest absolute Gasteiger partial charge is 0.495 e. The van der Waals surface area contributed by atoms with E-state index in [-0.39, 0.29) is 12.1 Å². The summed E-state index contributed by atoms with van der Waals surface area (Å²) in [5.41, 5.74) is 4.78. The smallest absolute Gasteiger partial charge is 0.270 e. The average molecular weight is 468 g/mol. The molecule has 1 amide bonds. The molecule has 1 N–H and O–H groups in total. The van der Waals surface area contributed by atoms with E-state index < -0.39 is 5.91 Å². The molecule has 0 unspecified atom stereocenters. The second kappa shape index (κ2) is 9.67. The van der Waals surface area contributed by atoms with E-state index in [2.05, 4.69) is 10.4 Å². The van der Waals surface area contributed by atoms with Gasteiger partial charge in [-0.15, -0.1) is 0 Å². The third kappa shape index (κ3) is 4.73. The molecule has 0 spiro atoms. The van der Waals surface area contributed by atoms with E-state index in [0.29, 0.717) is 28.6 Å². The Hall–Kier alpha value is -3.32. The maximum atomic E-state index is 13.2. The van der Waals surface area contributed by atoms with Crippen LogP contribution in [0, 0.1) is 6.92 Å². The van der Waals surface area contributed by atoms with Crippen LogP contribution in [0.5, 0.6) is 11.5 Å². The Kier molecular flexibility index (Phi) is 6.70. The molecule has 4 rings (SSSR count). The molecule has 0 saturated carbocycles. The van der Waals surface area contributed by atoms with Gasteiger partial charge in [-0.05, 0) is 44.2 Å². The number of fused-ring (bicyclic) bond motifs is 1. The van der Waals surface area contributed by atoms with Crippen molar-refractivity contribution in [2.75, 3.05) is 19.5 Å². The van der Waals surface area contributed by atoms with Crippen LogP contribution in [0.3, 0.4) is 0 Å². The standard InChI is InChI=1S/C25H26ClN3O4/c1-15-8-10-16(11-9-15)24-17-6-4-5-7-18(17)25(31)29(28-24)14-23(30)27-20-12-19(26)21(32-2)13-22(20)33-3/h8-13H,4-7,14H2,1-3H3,(H,27,30). The molecule has 33 heavy (non-hydrogen) atoms. The van der Waals surface area contributed by atoms with E-state index in [0.717, 1.165) is 47.2 Å². The fourth-order valence-corrected chi connectivity index (χ4v) is 4.36. The Balaban J connectivity index is 1.68. The zero-order valence-electron chi connectivity index (χ0n) is 18.9. The number of hydrogen-bond donors (Lipinski definition) is 1. The number of anilines is 1. The second-order valence-electron chi connectivity index (χ2n) is 8.08. The van der Waals surface area contributed by atoms with Crippen LogP contribution in [-0.2, 0) is 24.2 Å². The van der Waals surface area contributed by atoms with Crippen LogP contribution in [-0.4, -0.2) is 29.9 Å². The summed E-state index contributed by atoms with van der Waals surface area (Å²) in [6.07, 6.45) is 3.48. The van der Waals surface area contributed by atoms with Crippen molar-refractivity contribution in [2.24, 2.45) is 0 Å². The number of halogens is 1. The van der Waals surface area contributed by atoms with E-state index in [1.807, 2.05) is 31.2 Å².